The average molecular weight is 385 g/mol. The molecule has 0 aliphatic heterocycles. The van der Waals surface area contributed by atoms with Gasteiger partial charge in [0.25, 0.3) is 6.47 Å². The molecule has 1 aliphatic rings. The van der Waals surface area contributed by atoms with Gasteiger partial charge >= 0.3 is 0 Å². The third kappa shape index (κ3) is 3.28. The van der Waals surface area contributed by atoms with Gasteiger partial charge < -0.3 is 31.3 Å². The van der Waals surface area contributed by atoms with Crippen molar-refractivity contribution in [2.24, 2.45) is 0 Å². The number of anilines is 2. The molecule has 0 bridgehead atoms. The second kappa shape index (κ2) is 8.07. The minimum atomic E-state index is -0.614. The number of rotatable bonds is 8. The van der Waals surface area contributed by atoms with Crippen LogP contribution in [0.2, 0.25) is 0 Å². The van der Waals surface area contributed by atoms with E-state index in [4.69, 9.17) is 15.6 Å². The van der Waals surface area contributed by atoms with Crippen molar-refractivity contribution in [3.8, 4) is 11.5 Å². The van der Waals surface area contributed by atoms with E-state index < -0.39 is 17.3 Å². The number of aromatic hydroxyl groups is 1. The van der Waals surface area contributed by atoms with Gasteiger partial charge in [-0.15, -0.1) is 0 Å². The van der Waals surface area contributed by atoms with Gasteiger partial charge in [-0.1, -0.05) is 0 Å². The Morgan fingerprint density at radius 3 is 2.43 bits per heavy atom. The third-order valence-electron chi connectivity index (χ3n) is 4.37. The molecule has 0 heterocycles. The van der Waals surface area contributed by atoms with Gasteiger partial charge in [0.1, 0.15) is 11.5 Å². The highest BCUT2D eigenvalue weighted by Crippen LogP contribution is 2.41. The van der Waals surface area contributed by atoms with Crippen LogP contribution in [0.4, 0.5) is 11.4 Å². The lowest BCUT2D eigenvalue weighted by molar-refractivity contribution is -0.120. The number of nitrogens with one attached hydrogen (secondary N) is 2. The normalized spacial score (nSPS) is 12.3. The Morgan fingerprint density at radius 1 is 0.964 bits per heavy atom. The molecule has 0 amide bonds. The second-order valence-corrected chi connectivity index (χ2v) is 6.06. The maximum atomic E-state index is 13.1. The number of benzene rings is 2. The number of aliphatic hydroxyl groups excluding tert-OH is 1. The van der Waals surface area contributed by atoms with Gasteiger partial charge in [0, 0.05) is 31.0 Å². The zero-order chi connectivity index (χ0) is 20.3. The van der Waals surface area contributed by atoms with Crippen LogP contribution in [0.15, 0.2) is 24.3 Å². The van der Waals surface area contributed by atoms with Gasteiger partial charge in [-0.05, 0) is 24.3 Å². The molecular formula is C19H19N3O6. The Morgan fingerprint density at radius 2 is 1.71 bits per heavy atom. The zero-order valence-corrected chi connectivity index (χ0v) is 14.8. The molecule has 0 saturated heterocycles. The number of phenols is 1. The number of nitrogens with two attached hydrogens (primary N) is 1. The number of aliphatic hydroxyl groups is 1. The Balaban J connectivity index is 2.06. The first-order valence-electron chi connectivity index (χ1n) is 8.54. The molecule has 3 rings (SSSR count). The first-order valence-corrected chi connectivity index (χ1v) is 8.54. The van der Waals surface area contributed by atoms with E-state index in [-0.39, 0.29) is 46.8 Å². The Labute approximate surface area is 160 Å². The van der Waals surface area contributed by atoms with E-state index in [2.05, 4.69) is 10.6 Å². The predicted octanol–water partition coefficient (Wildman–Crippen LogP) is 0.279. The van der Waals surface area contributed by atoms with Crippen molar-refractivity contribution in [1.29, 1.82) is 0 Å². The van der Waals surface area contributed by atoms with E-state index in [1.807, 2.05) is 0 Å². The molecule has 6 N–H and O–H groups in total. The fourth-order valence-corrected chi connectivity index (χ4v) is 3.16. The molecule has 2 aromatic rings. The van der Waals surface area contributed by atoms with E-state index in [0.717, 1.165) is 0 Å². The highest BCUT2D eigenvalue weighted by atomic mass is 16.5. The summed E-state index contributed by atoms with van der Waals surface area (Å²) in [4.78, 5) is 37.0. The van der Waals surface area contributed by atoms with Crippen molar-refractivity contribution >= 4 is 29.4 Å². The van der Waals surface area contributed by atoms with Crippen LogP contribution in [0.1, 0.15) is 31.8 Å². The number of ketones is 2. The Bertz CT molecular complexity index is 957. The van der Waals surface area contributed by atoms with Crippen molar-refractivity contribution in [2.45, 2.75) is 0 Å². The molecule has 0 fully saturated rings. The largest absolute Gasteiger partial charge is 0.507 e. The standard InChI is InChI=1S/C19H19N3O6/c20-10-1-2-11(22-6-5-21-7-8-23)15-14(10)18(26)17-13(28-9-24)4-3-12(25)16(17)19(15)27/h1-4,9,21-23,25H,5-8,20H2. The highest BCUT2D eigenvalue weighted by molar-refractivity contribution is 6.33. The van der Waals surface area contributed by atoms with Gasteiger partial charge in [0.2, 0.25) is 11.6 Å². The summed E-state index contributed by atoms with van der Waals surface area (Å²) in [6, 6.07) is 5.51. The molecule has 0 saturated carbocycles. The van der Waals surface area contributed by atoms with Gasteiger partial charge in [-0.3, -0.25) is 14.4 Å². The van der Waals surface area contributed by atoms with Gasteiger partial charge in [0.05, 0.1) is 28.9 Å². The first-order chi connectivity index (χ1) is 13.5. The number of ether oxygens (including phenoxy) is 1. The molecule has 9 nitrogen and oxygen atoms in total. The fraction of sp³-hybridized carbons (Fsp3) is 0.211. The summed E-state index contributed by atoms with van der Waals surface area (Å²) in [5, 5.41) is 25.0. The van der Waals surface area contributed by atoms with Crippen LogP contribution in [0.25, 0.3) is 0 Å². The van der Waals surface area contributed by atoms with Crippen LogP contribution < -0.4 is 21.1 Å². The number of carbonyl (C=O) groups is 3. The molecular weight excluding hydrogens is 366 g/mol. The molecule has 0 radical (unpaired) electrons. The SMILES string of the molecule is Nc1ccc(NCCNCCO)c2c1C(=O)c1c(OC=O)ccc(O)c1C2=O. The lowest BCUT2D eigenvalue weighted by Gasteiger charge is -2.24. The zero-order valence-electron chi connectivity index (χ0n) is 14.8. The van der Waals surface area contributed by atoms with E-state index >= 15 is 0 Å². The molecule has 0 unspecified atom stereocenters. The molecule has 146 valence electrons. The van der Waals surface area contributed by atoms with Crippen LogP contribution >= 0.6 is 0 Å². The lowest BCUT2D eigenvalue weighted by atomic mass is 9.81. The molecule has 28 heavy (non-hydrogen) atoms. The summed E-state index contributed by atoms with van der Waals surface area (Å²) in [6.45, 7) is 1.51. The predicted molar refractivity (Wildman–Crippen MR) is 101 cm³/mol. The van der Waals surface area contributed by atoms with Crippen molar-refractivity contribution < 1.29 is 29.3 Å². The minimum Gasteiger partial charge on any atom is -0.507 e. The molecule has 0 atom stereocenters. The summed E-state index contributed by atoms with van der Waals surface area (Å²) in [5.74, 6) is -1.73. The second-order valence-electron chi connectivity index (χ2n) is 6.06. The van der Waals surface area contributed by atoms with Crippen molar-refractivity contribution in [3.63, 3.8) is 0 Å². The van der Waals surface area contributed by atoms with E-state index in [9.17, 15) is 19.5 Å². The van der Waals surface area contributed by atoms with Gasteiger partial charge in [0.15, 0.2) is 0 Å². The lowest BCUT2D eigenvalue weighted by Crippen LogP contribution is -2.27. The summed E-state index contributed by atoms with van der Waals surface area (Å²) in [6.07, 6.45) is 0. The van der Waals surface area contributed by atoms with E-state index in [0.29, 0.717) is 25.3 Å². The molecule has 1 aliphatic carbocycles. The highest BCUT2D eigenvalue weighted by Gasteiger charge is 2.37. The number of hydrogen-bond acceptors (Lipinski definition) is 9. The number of nitrogen functional groups attached to an aromatic ring is 1. The number of carbonyl (C=O) groups excluding carboxylic acids is 3. The fourth-order valence-electron chi connectivity index (χ4n) is 3.16. The van der Waals surface area contributed by atoms with Crippen LogP contribution in [-0.2, 0) is 4.79 Å². The summed E-state index contributed by atoms with van der Waals surface area (Å²) in [5.41, 5.74) is 6.07. The first kappa shape index (κ1) is 19.3. The van der Waals surface area contributed by atoms with Gasteiger partial charge in [-0.2, -0.15) is 0 Å². The van der Waals surface area contributed by atoms with Crippen LogP contribution in [0, 0.1) is 0 Å². The van der Waals surface area contributed by atoms with Gasteiger partial charge in [-0.25, -0.2) is 0 Å². The van der Waals surface area contributed by atoms with Crippen LogP contribution in [0.3, 0.4) is 0 Å². The monoisotopic (exact) mass is 385 g/mol. The number of phenolic OH excluding ortho intramolecular Hbond substituents is 1. The molecule has 0 spiro atoms. The maximum Gasteiger partial charge on any atom is 0.298 e. The van der Waals surface area contributed by atoms with Crippen LogP contribution in [-0.4, -0.2) is 54.5 Å². The maximum absolute atomic E-state index is 13.1. The summed E-state index contributed by atoms with van der Waals surface area (Å²) in [7, 11) is 0. The van der Waals surface area contributed by atoms with E-state index in [1.165, 1.54) is 18.2 Å². The third-order valence-corrected chi connectivity index (χ3v) is 4.37. The van der Waals surface area contributed by atoms with Crippen molar-refractivity contribution in [2.75, 3.05) is 37.3 Å². The molecule has 0 aromatic heterocycles. The smallest absolute Gasteiger partial charge is 0.298 e. The Hall–Kier alpha value is -3.43. The summed E-state index contributed by atoms with van der Waals surface area (Å²) >= 11 is 0. The molecule has 9 heteroatoms. The molecule has 2 aromatic carbocycles. The minimum absolute atomic E-state index is 0.00547. The van der Waals surface area contributed by atoms with Crippen LogP contribution in [0.5, 0.6) is 11.5 Å². The quantitative estimate of drug-likeness (QED) is 0.209. The van der Waals surface area contributed by atoms with Crippen molar-refractivity contribution in [1.82, 2.24) is 5.32 Å². The number of fused-ring (bicyclic) bond motifs is 2. The Kier molecular flexibility index (Phi) is 5.57. The van der Waals surface area contributed by atoms with Crippen molar-refractivity contribution in [3.05, 3.63) is 46.5 Å². The summed E-state index contributed by atoms with van der Waals surface area (Å²) < 4.78 is 4.82. The topological polar surface area (TPSA) is 151 Å². The number of hydrogen-bond donors (Lipinski definition) is 5. The average Bonchev–Trinajstić information content (AvgIpc) is 2.68. The van der Waals surface area contributed by atoms with E-state index in [1.54, 1.807) is 6.07 Å².